The molecule has 0 bridgehead atoms. The molecule has 0 atom stereocenters. The summed E-state index contributed by atoms with van der Waals surface area (Å²) in [5, 5.41) is 3.14. The summed E-state index contributed by atoms with van der Waals surface area (Å²) in [5.74, 6) is 0.552. The van der Waals surface area contributed by atoms with Crippen LogP contribution in [0, 0.1) is 0 Å². The lowest BCUT2D eigenvalue weighted by molar-refractivity contribution is 0.405. The zero-order valence-electron chi connectivity index (χ0n) is 8.87. The molecule has 0 fully saturated rings. The van der Waals surface area contributed by atoms with Gasteiger partial charge in [-0.1, -0.05) is 0 Å². The minimum atomic E-state index is 0.109. The van der Waals surface area contributed by atoms with Gasteiger partial charge in [-0.3, -0.25) is 0 Å². The Morgan fingerprint density at radius 2 is 2.07 bits per heavy atom. The molecule has 1 rings (SSSR count). The molecule has 0 saturated heterocycles. The van der Waals surface area contributed by atoms with Gasteiger partial charge in [0, 0.05) is 6.54 Å². The molecule has 0 aliphatic heterocycles. The maximum atomic E-state index is 5.62. The molecule has 1 aromatic heterocycles. The van der Waals surface area contributed by atoms with E-state index in [1.54, 1.807) is 0 Å². The second-order valence-corrected chi connectivity index (χ2v) is 3.71. The summed E-state index contributed by atoms with van der Waals surface area (Å²) in [4.78, 5) is 13.6. The molecule has 0 aliphatic rings. The monoisotopic (exact) mass is 230 g/mol. The van der Waals surface area contributed by atoms with Crippen LogP contribution in [0.3, 0.4) is 0 Å². The van der Waals surface area contributed by atoms with E-state index in [2.05, 4.69) is 25.2 Å². The summed E-state index contributed by atoms with van der Waals surface area (Å²) in [7, 11) is 4.05. The SMILES string of the molecule is CN(C)CCCNc1nc(N)nc(Cl)n1. The number of anilines is 2. The van der Waals surface area contributed by atoms with E-state index >= 15 is 0 Å². The van der Waals surface area contributed by atoms with Crippen molar-refractivity contribution in [3.05, 3.63) is 5.28 Å². The Hall–Kier alpha value is -1.14. The first-order valence-electron chi connectivity index (χ1n) is 4.63. The van der Waals surface area contributed by atoms with E-state index in [4.69, 9.17) is 17.3 Å². The average molecular weight is 231 g/mol. The molecule has 3 N–H and O–H groups in total. The highest BCUT2D eigenvalue weighted by Gasteiger charge is 2.01. The lowest BCUT2D eigenvalue weighted by Gasteiger charge is -2.09. The van der Waals surface area contributed by atoms with E-state index in [1.807, 2.05) is 14.1 Å². The van der Waals surface area contributed by atoms with Crippen molar-refractivity contribution >= 4 is 23.5 Å². The quantitative estimate of drug-likeness (QED) is 0.716. The van der Waals surface area contributed by atoms with Crippen molar-refractivity contribution in [1.29, 1.82) is 0 Å². The van der Waals surface area contributed by atoms with Crippen molar-refractivity contribution in [3.8, 4) is 0 Å². The topological polar surface area (TPSA) is 80.0 Å². The van der Waals surface area contributed by atoms with Gasteiger partial charge in [-0.15, -0.1) is 0 Å². The van der Waals surface area contributed by atoms with Crippen LogP contribution in [-0.2, 0) is 0 Å². The van der Waals surface area contributed by atoms with E-state index in [1.165, 1.54) is 0 Å². The Morgan fingerprint density at radius 3 is 2.67 bits per heavy atom. The maximum absolute atomic E-state index is 5.62. The van der Waals surface area contributed by atoms with Gasteiger partial charge in [-0.2, -0.15) is 15.0 Å². The highest BCUT2D eigenvalue weighted by molar-refractivity contribution is 6.28. The molecule has 0 unspecified atom stereocenters. The van der Waals surface area contributed by atoms with Crippen LogP contribution in [0.25, 0.3) is 0 Å². The molecule has 84 valence electrons. The first-order valence-corrected chi connectivity index (χ1v) is 5.01. The van der Waals surface area contributed by atoms with Crippen LogP contribution < -0.4 is 11.1 Å². The van der Waals surface area contributed by atoms with Gasteiger partial charge in [0.15, 0.2) is 0 Å². The third kappa shape index (κ3) is 4.75. The molecule has 0 saturated carbocycles. The van der Waals surface area contributed by atoms with Gasteiger partial charge in [0.1, 0.15) is 0 Å². The summed E-state index contributed by atoms with van der Waals surface area (Å²) >= 11 is 5.62. The number of nitrogens with two attached hydrogens (primary N) is 1. The summed E-state index contributed by atoms with van der Waals surface area (Å²) in [6, 6.07) is 0. The van der Waals surface area contributed by atoms with Crippen molar-refractivity contribution in [3.63, 3.8) is 0 Å². The van der Waals surface area contributed by atoms with Crippen molar-refractivity contribution in [2.75, 3.05) is 38.2 Å². The van der Waals surface area contributed by atoms with E-state index < -0.39 is 0 Å². The standard InChI is InChI=1S/C8H15ClN6/c1-15(2)5-3-4-11-8-13-6(9)12-7(10)14-8/h3-5H2,1-2H3,(H3,10,11,12,13,14). The smallest absolute Gasteiger partial charge is 0.228 e. The summed E-state index contributed by atoms with van der Waals surface area (Å²) < 4.78 is 0. The number of halogens is 1. The second kappa shape index (κ2) is 5.67. The lowest BCUT2D eigenvalue weighted by atomic mass is 10.4. The van der Waals surface area contributed by atoms with Crippen molar-refractivity contribution in [2.45, 2.75) is 6.42 Å². The summed E-state index contributed by atoms with van der Waals surface area (Å²) in [6.07, 6.45) is 0.996. The first kappa shape index (κ1) is 11.9. The maximum Gasteiger partial charge on any atom is 0.228 e. The van der Waals surface area contributed by atoms with Gasteiger partial charge in [-0.25, -0.2) is 0 Å². The number of aromatic nitrogens is 3. The molecular weight excluding hydrogens is 216 g/mol. The normalized spacial score (nSPS) is 10.7. The molecule has 0 spiro atoms. The minimum absolute atomic E-state index is 0.109. The Kier molecular flexibility index (Phi) is 4.51. The fraction of sp³-hybridized carbons (Fsp3) is 0.625. The molecular formula is C8H15ClN6. The van der Waals surface area contributed by atoms with Crippen LogP contribution in [0.5, 0.6) is 0 Å². The largest absolute Gasteiger partial charge is 0.368 e. The molecule has 0 aromatic carbocycles. The zero-order valence-corrected chi connectivity index (χ0v) is 9.62. The fourth-order valence-corrected chi connectivity index (χ4v) is 1.21. The average Bonchev–Trinajstić information content (AvgIpc) is 2.10. The van der Waals surface area contributed by atoms with Crippen LogP contribution in [0.4, 0.5) is 11.9 Å². The minimum Gasteiger partial charge on any atom is -0.368 e. The Balaban J connectivity index is 2.37. The zero-order chi connectivity index (χ0) is 11.3. The molecule has 0 radical (unpaired) electrons. The van der Waals surface area contributed by atoms with E-state index in [9.17, 15) is 0 Å². The number of hydrogen-bond acceptors (Lipinski definition) is 6. The van der Waals surface area contributed by atoms with Gasteiger partial charge in [0.2, 0.25) is 17.2 Å². The molecule has 6 nitrogen and oxygen atoms in total. The molecule has 7 heteroatoms. The van der Waals surface area contributed by atoms with Gasteiger partial charge in [-0.05, 0) is 38.7 Å². The Bertz CT molecular complexity index is 296. The van der Waals surface area contributed by atoms with Gasteiger partial charge < -0.3 is 16.0 Å². The first-order chi connectivity index (χ1) is 7.08. The number of nitrogens with zero attached hydrogens (tertiary/aromatic N) is 4. The molecule has 0 aliphatic carbocycles. The van der Waals surface area contributed by atoms with Crippen molar-refractivity contribution < 1.29 is 0 Å². The third-order valence-electron chi connectivity index (χ3n) is 1.69. The molecule has 15 heavy (non-hydrogen) atoms. The summed E-state index contributed by atoms with van der Waals surface area (Å²) in [5.41, 5.74) is 5.42. The number of nitrogens with one attached hydrogen (secondary N) is 1. The van der Waals surface area contributed by atoms with Crippen LogP contribution in [0.1, 0.15) is 6.42 Å². The van der Waals surface area contributed by atoms with Gasteiger partial charge >= 0.3 is 0 Å². The Labute approximate surface area is 93.9 Å². The van der Waals surface area contributed by atoms with Crippen LogP contribution >= 0.6 is 11.6 Å². The number of nitrogen functional groups attached to an aromatic ring is 1. The predicted octanol–water partition coefficient (Wildman–Crippen LogP) is 0.471. The lowest BCUT2D eigenvalue weighted by Crippen LogP contribution is -2.17. The van der Waals surface area contributed by atoms with Crippen molar-refractivity contribution in [1.82, 2.24) is 19.9 Å². The van der Waals surface area contributed by atoms with E-state index in [0.29, 0.717) is 5.95 Å². The Morgan fingerprint density at radius 1 is 1.33 bits per heavy atom. The van der Waals surface area contributed by atoms with Crippen LogP contribution in [-0.4, -0.2) is 47.0 Å². The molecule has 1 heterocycles. The van der Waals surface area contributed by atoms with Crippen LogP contribution in [0.2, 0.25) is 5.28 Å². The fourth-order valence-electron chi connectivity index (χ4n) is 1.04. The van der Waals surface area contributed by atoms with E-state index in [-0.39, 0.29) is 11.2 Å². The number of rotatable bonds is 5. The highest BCUT2D eigenvalue weighted by Crippen LogP contribution is 2.06. The summed E-state index contributed by atoms with van der Waals surface area (Å²) in [6.45, 7) is 1.78. The predicted molar refractivity (Wildman–Crippen MR) is 60.9 cm³/mol. The van der Waals surface area contributed by atoms with Gasteiger partial charge in [0.25, 0.3) is 0 Å². The van der Waals surface area contributed by atoms with Crippen LogP contribution in [0.15, 0.2) is 0 Å². The molecule has 1 aromatic rings. The van der Waals surface area contributed by atoms with Crippen molar-refractivity contribution in [2.24, 2.45) is 0 Å². The number of hydrogen-bond donors (Lipinski definition) is 2. The third-order valence-corrected chi connectivity index (χ3v) is 1.86. The second-order valence-electron chi connectivity index (χ2n) is 3.37. The van der Waals surface area contributed by atoms with E-state index in [0.717, 1.165) is 19.5 Å². The molecule has 0 amide bonds. The highest BCUT2D eigenvalue weighted by atomic mass is 35.5. The van der Waals surface area contributed by atoms with Gasteiger partial charge in [0.05, 0.1) is 0 Å².